The molecule has 0 saturated carbocycles. The van der Waals surface area contributed by atoms with Gasteiger partial charge in [-0.25, -0.2) is 12.7 Å². The van der Waals surface area contributed by atoms with Crippen LogP contribution in [0.2, 0.25) is 10.0 Å². The van der Waals surface area contributed by atoms with Crippen molar-refractivity contribution in [1.82, 2.24) is 9.62 Å². The van der Waals surface area contributed by atoms with Crippen LogP contribution in [0.5, 0.6) is 11.5 Å². The van der Waals surface area contributed by atoms with Gasteiger partial charge >= 0.3 is 0 Å². The van der Waals surface area contributed by atoms with E-state index in [1.165, 1.54) is 4.31 Å². The van der Waals surface area contributed by atoms with Crippen LogP contribution in [0.3, 0.4) is 0 Å². The van der Waals surface area contributed by atoms with Crippen molar-refractivity contribution in [2.24, 2.45) is 5.92 Å². The molecule has 1 amide bonds. The van der Waals surface area contributed by atoms with Crippen LogP contribution in [-0.4, -0.2) is 44.9 Å². The lowest BCUT2D eigenvalue weighted by Crippen LogP contribution is -2.46. The molecule has 7 nitrogen and oxygen atoms in total. The van der Waals surface area contributed by atoms with Gasteiger partial charge in [0.05, 0.1) is 17.7 Å². The van der Waals surface area contributed by atoms with E-state index in [2.05, 4.69) is 5.32 Å². The minimum atomic E-state index is -3.68. The first-order valence-electron chi connectivity index (χ1n) is 10.9. The van der Waals surface area contributed by atoms with Crippen LogP contribution in [0.4, 0.5) is 0 Å². The second-order valence-corrected chi connectivity index (χ2v) is 11.1. The lowest BCUT2D eigenvalue weighted by atomic mass is 9.97. The first-order chi connectivity index (χ1) is 15.7. The van der Waals surface area contributed by atoms with Gasteiger partial charge in [-0.1, -0.05) is 35.3 Å². The number of hydrogen-bond donors (Lipinski definition) is 1. The second kappa shape index (κ2) is 10.1. The Morgan fingerprint density at radius 1 is 1.15 bits per heavy atom. The average Bonchev–Trinajstić information content (AvgIpc) is 2.81. The highest BCUT2D eigenvalue weighted by atomic mass is 35.5. The van der Waals surface area contributed by atoms with Gasteiger partial charge in [-0.15, -0.1) is 0 Å². The Morgan fingerprint density at radius 2 is 1.85 bits per heavy atom. The number of carbonyl (C=O) groups excluding carboxylic acids is 1. The van der Waals surface area contributed by atoms with E-state index in [0.717, 1.165) is 5.56 Å². The van der Waals surface area contributed by atoms with E-state index in [-0.39, 0.29) is 24.2 Å². The van der Waals surface area contributed by atoms with Crippen molar-refractivity contribution < 1.29 is 22.7 Å². The fraction of sp³-hybridized carbons (Fsp3) is 0.435. The van der Waals surface area contributed by atoms with Crippen LogP contribution >= 0.6 is 23.2 Å². The van der Waals surface area contributed by atoms with Crippen molar-refractivity contribution in [1.29, 1.82) is 0 Å². The van der Waals surface area contributed by atoms with Gasteiger partial charge < -0.3 is 14.8 Å². The zero-order chi connectivity index (χ0) is 23.6. The number of ether oxygens (including phenoxy) is 2. The normalized spacial score (nSPS) is 19.7. The SMILES string of the molecule is C[C@H](NC(=O)[C@@H]1CCCN(S(=O)(=O)Cc2c(Cl)cccc2Cl)C1)c1ccc2c(c1)OCCO2. The van der Waals surface area contributed by atoms with E-state index in [1.807, 2.05) is 25.1 Å². The highest BCUT2D eigenvalue weighted by Crippen LogP contribution is 2.33. The maximum absolute atomic E-state index is 13.1. The van der Waals surface area contributed by atoms with Gasteiger partial charge in [0.1, 0.15) is 13.2 Å². The predicted octanol–water partition coefficient (Wildman–Crippen LogP) is 4.18. The van der Waals surface area contributed by atoms with Crippen LogP contribution < -0.4 is 14.8 Å². The second-order valence-electron chi connectivity index (χ2n) is 8.29. The molecular weight excluding hydrogens is 487 g/mol. The van der Waals surface area contributed by atoms with Gasteiger partial charge in [-0.05, 0) is 49.6 Å². The summed E-state index contributed by atoms with van der Waals surface area (Å²) in [5.41, 5.74) is 1.26. The molecule has 2 aliphatic heterocycles. The number of fused-ring (bicyclic) bond motifs is 1. The molecule has 2 atom stereocenters. The monoisotopic (exact) mass is 512 g/mol. The molecule has 1 N–H and O–H groups in total. The van der Waals surface area contributed by atoms with Crippen LogP contribution in [0.1, 0.15) is 36.9 Å². The predicted molar refractivity (Wildman–Crippen MR) is 127 cm³/mol. The van der Waals surface area contributed by atoms with E-state index in [9.17, 15) is 13.2 Å². The van der Waals surface area contributed by atoms with Crippen LogP contribution in [0, 0.1) is 5.92 Å². The summed E-state index contributed by atoms with van der Waals surface area (Å²) in [6.45, 7) is 3.39. The summed E-state index contributed by atoms with van der Waals surface area (Å²) in [4.78, 5) is 13.0. The molecule has 0 radical (unpaired) electrons. The minimum absolute atomic E-state index is 0.129. The molecule has 0 unspecified atom stereocenters. The third kappa shape index (κ3) is 5.57. The van der Waals surface area contributed by atoms with Crippen molar-refractivity contribution >= 4 is 39.1 Å². The molecule has 4 rings (SSSR count). The molecule has 2 aromatic rings. The standard InChI is InChI=1S/C23H26Cl2N2O5S/c1-15(16-7-8-21-22(12-16)32-11-10-31-21)26-23(28)17-4-3-9-27(13-17)33(29,30)14-18-19(24)5-2-6-20(18)25/h2,5-8,12,15,17H,3-4,9-11,13-14H2,1H3,(H,26,28)/t15-,17+/m0/s1. The first-order valence-corrected chi connectivity index (χ1v) is 13.2. The molecule has 178 valence electrons. The Hall–Kier alpha value is -2.00. The number of hydrogen-bond acceptors (Lipinski definition) is 5. The molecule has 1 saturated heterocycles. The third-order valence-electron chi connectivity index (χ3n) is 5.96. The Labute approximate surface area is 204 Å². The maximum Gasteiger partial charge on any atom is 0.224 e. The van der Waals surface area contributed by atoms with Gasteiger partial charge in [0.25, 0.3) is 0 Å². The Morgan fingerprint density at radius 3 is 2.58 bits per heavy atom. The minimum Gasteiger partial charge on any atom is -0.486 e. The summed E-state index contributed by atoms with van der Waals surface area (Å²) >= 11 is 12.3. The molecular formula is C23H26Cl2N2O5S. The van der Waals surface area contributed by atoms with Crippen molar-refractivity contribution in [3.8, 4) is 11.5 Å². The molecule has 0 spiro atoms. The summed E-state index contributed by atoms with van der Waals surface area (Å²) < 4.78 is 38.7. The van der Waals surface area contributed by atoms with Crippen molar-refractivity contribution in [3.05, 3.63) is 57.6 Å². The summed E-state index contributed by atoms with van der Waals surface area (Å²) in [6.07, 6.45) is 1.23. The van der Waals surface area contributed by atoms with Crippen molar-refractivity contribution in [3.63, 3.8) is 0 Å². The first kappa shape index (κ1) is 24.1. The van der Waals surface area contributed by atoms with Gasteiger partial charge in [0.2, 0.25) is 15.9 Å². The van der Waals surface area contributed by atoms with Crippen molar-refractivity contribution in [2.45, 2.75) is 31.6 Å². The number of nitrogens with one attached hydrogen (secondary N) is 1. The van der Waals surface area contributed by atoms with E-state index in [4.69, 9.17) is 32.7 Å². The topological polar surface area (TPSA) is 84.9 Å². The third-order valence-corrected chi connectivity index (χ3v) is 8.44. The van der Waals surface area contributed by atoms with Crippen LogP contribution in [-0.2, 0) is 20.6 Å². The maximum atomic E-state index is 13.1. The van der Waals surface area contributed by atoms with E-state index < -0.39 is 15.9 Å². The Balaban J connectivity index is 1.41. The average molecular weight is 513 g/mol. The van der Waals surface area contributed by atoms with Gasteiger partial charge in [-0.2, -0.15) is 0 Å². The summed E-state index contributed by atoms with van der Waals surface area (Å²) in [5, 5.41) is 3.64. The quantitative estimate of drug-likeness (QED) is 0.627. The lowest BCUT2D eigenvalue weighted by Gasteiger charge is -2.32. The number of nitrogens with zero attached hydrogens (tertiary/aromatic N) is 1. The highest BCUT2D eigenvalue weighted by Gasteiger charge is 2.33. The largest absolute Gasteiger partial charge is 0.486 e. The molecule has 10 heteroatoms. The van der Waals surface area contributed by atoms with Crippen LogP contribution in [0.25, 0.3) is 0 Å². The highest BCUT2D eigenvalue weighted by molar-refractivity contribution is 7.88. The molecule has 0 bridgehead atoms. The number of halogens is 2. The smallest absolute Gasteiger partial charge is 0.224 e. The molecule has 0 aromatic heterocycles. The number of rotatable bonds is 6. The number of piperidine rings is 1. The van der Waals surface area contributed by atoms with Gasteiger partial charge in [0, 0.05) is 28.7 Å². The van der Waals surface area contributed by atoms with Gasteiger partial charge in [0.15, 0.2) is 11.5 Å². The molecule has 1 fully saturated rings. The fourth-order valence-corrected chi connectivity index (χ4v) is 6.46. The van der Waals surface area contributed by atoms with Crippen LogP contribution in [0.15, 0.2) is 36.4 Å². The zero-order valence-electron chi connectivity index (χ0n) is 18.2. The lowest BCUT2D eigenvalue weighted by molar-refractivity contribution is -0.126. The summed E-state index contributed by atoms with van der Waals surface area (Å²) in [5.74, 6) is 0.444. The molecule has 2 heterocycles. The van der Waals surface area contributed by atoms with E-state index >= 15 is 0 Å². The molecule has 33 heavy (non-hydrogen) atoms. The fourth-order valence-electron chi connectivity index (χ4n) is 4.10. The van der Waals surface area contributed by atoms with Gasteiger partial charge in [-0.3, -0.25) is 4.79 Å². The molecule has 2 aromatic carbocycles. The number of benzene rings is 2. The zero-order valence-corrected chi connectivity index (χ0v) is 20.5. The number of amides is 1. The van der Waals surface area contributed by atoms with Crippen molar-refractivity contribution in [2.75, 3.05) is 26.3 Å². The Bertz CT molecular complexity index is 1120. The molecule has 2 aliphatic rings. The Kier molecular flexibility index (Phi) is 7.38. The summed E-state index contributed by atoms with van der Waals surface area (Å²) in [6, 6.07) is 10.2. The summed E-state index contributed by atoms with van der Waals surface area (Å²) in [7, 11) is -3.68. The van der Waals surface area contributed by atoms with E-state index in [1.54, 1.807) is 18.2 Å². The molecule has 0 aliphatic carbocycles. The number of carbonyl (C=O) groups is 1. The van der Waals surface area contributed by atoms with E-state index in [0.29, 0.717) is 59.7 Å². The number of sulfonamides is 1.